The first kappa shape index (κ1) is 18.2. The molecule has 1 aliphatic rings. The lowest BCUT2D eigenvalue weighted by molar-refractivity contribution is 0.0763. The molecule has 0 saturated carbocycles. The topological polar surface area (TPSA) is 105 Å². The van der Waals surface area contributed by atoms with Crippen molar-refractivity contribution in [3.05, 3.63) is 59.5 Å². The highest BCUT2D eigenvalue weighted by molar-refractivity contribution is 5.95. The van der Waals surface area contributed by atoms with Crippen molar-refractivity contribution in [3.63, 3.8) is 0 Å². The number of β-amino-alcohol motifs (C(OH)–C–C–N with tert-alkyl or cyclic N) is 1. The van der Waals surface area contributed by atoms with Crippen LogP contribution in [0.1, 0.15) is 27.5 Å². The number of carbonyl (C=O) groups excluding carboxylic acids is 1. The number of carbonyl (C=O) groups is 1. The Hall–Kier alpha value is -3.13. The smallest absolute Gasteiger partial charge is 0.257 e. The summed E-state index contributed by atoms with van der Waals surface area (Å²) >= 11 is 0. The van der Waals surface area contributed by atoms with Crippen molar-refractivity contribution in [1.29, 1.82) is 0 Å². The van der Waals surface area contributed by atoms with E-state index in [1.54, 1.807) is 30.4 Å². The fraction of sp³-hybridized carbons (Fsp3) is 0.350. The molecule has 1 aliphatic heterocycles. The maximum Gasteiger partial charge on any atom is 0.257 e. The number of nitrogens with zero attached hydrogens (tertiary/aromatic N) is 5. The van der Waals surface area contributed by atoms with Gasteiger partial charge in [0.05, 0.1) is 23.1 Å². The third kappa shape index (κ3) is 3.63. The standard InChI is InChI=1S/C20H21N5O3/c1-12-6-16(28-24-12)7-15-10-25(11-18(15)26)20(27)17-9-22-19(23-13(17)2)14-4-3-5-21-8-14/h3-6,8-9,15,18,26H,7,10-11H2,1-2H3/t15-,18-/m1/s1. The van der Waals surface area contributed by atoms with Crippen LogP contribution in [-0.4, -0.2) is 55.2 Å². The van der Waals surface area contributed by atoms with Gasteiger partial charge in [-0.25, -0.2) is 9.97 Å². The van der Waals surface area contributed by atoms with Gasteiger partial charge in [-0.1, -0.05) is 5.16 Å². The number of aryl methyl sites for hydroxylation is 2. The van der Waals surface area contributed by atoms with Gasteiger partial charge in [0.2, 0.25) is 0 Å². The molecule has 3 aromatic heterocycles. The number of hydrogen-bond donors (Lipinski definition) is 1. The molecule has 3 aromatic rings. The third-order valence-electron chi connectivity index (χ3n) is 4.96. The zero-order chi connectivity index (χ0) is 19.7. The minimum absolute atomic E-state index is 0.0906. The van der Waals surface area contributed by atoms with Gasteiger partial charge < -0.3 is 14.5 Å². The molecular formula is C20H21N5O3. The van der Waals surface area contributed by atoms with Gasteiger partial charge in [0.1, 0.15) is 5.76 Å². The molecule has 0 aliphatic carbocycles. The summed E-state index contributed by atoms with van der Waals surface area (Å²) in [5.74, 6) is 0.982. The summed E-state index contributed by atoms with van der Waals surface area (Å²) in [5.41, 5.74) is 2.64. The van der Waals surface area contributed by atoms with E-state index in [0.29, 0.717) is 30.0 Å². The second-order valence-electron chi connectivity index (χ2n) is 7.11. The monoisotopic (exact) mass is 379 g/mol. The molecule has 0 bridgehead atoms. The highest BCUT2D eigenvalue weighted by Gasteiger charge is 2.35. The summed E-state index contributed by atoms with van der Waals surface area (Å²) in [6, 6.07) is 5.54. The lowest BCUT2D eigenvalue weighted by Crippen LogP contribution is -2.30. The van der Waals surface area contributed by atoms with E-state index in [-0.39, 0.29) is 18.4 Å². The lowest BCUT2D eigenvalue weighted by Gasteiger charge is -2.17. The Kier molecular flexibility index (Phi) is 4.87. The number of aromatic nitrogens is 4. The zero-order valence-electron chi connectivity index (χ0n) is 15.7. The Morgan fingerprint density at radius 1 is 1.32 bits per heavy atom. The van der Waals surface area contributed by atoms with Gasteiger partial charge in [-0.2, -0.15) is 0 Å². The molecule has 1 saturated heterocycles. The van der Waals surface area contributed by atoms with E-state index in [1.807, 2.05) is 25.1 Å². The Balaban J connectivity index is 1.48. The van der Waals surface area contributed by atoms with E-state index in [1.165, 1.54) is 0 Å². The molecular weight excluding hydrogens is 358 g/mol. The summed E-state index contributed by atoms with van der Waals surface area (Å²) in [6.45, 7) is 4.37. The molecule has 1 amide bonds. The van der Waals surface area contributed by atoms with Crippen molar-refractivity contribution in [2.45, 2.75) is 26.4 Å². The Bertz CT molecular complexity index is 989. The number of likely N-dealkylation sites (tertiary alicyclic amines) is 1. The second-order valence-corrected chi connectivity index (χ2v) is 7.11. The van der Waals surface area contributed by atoms with Crippen LogP contribution in [0.25, 0.3) is 11.4 Å². The number of amides is 1. The van der Waals surface area contributed by atoms with E-state index in [2.05, 4.69) is 20.1 Å². The normalized spacial score (nSPS) is 19.2. The minimum atomic E-state index is -0.606. The van der Waals surface area contributed by atoms with Gasteiger partial charge in [0.25, 0.3) is 5.91 Å². The van der Waals surface area contributed by atoms with Crippen LogP contribution in [0.4, 0.5) is 0 Å². The molecule has 2 atom stereocenters. The average Bonchev–Trinajstić information content (AvgIpc) is 3.27. The number of pyridine rings is 1. The highest BCUT2D eigenvalue weighted by Crippen LogP contribution is 2.24. The van der Waals surface area contributed by atoms with Crippen molar-refractivity contribution >= 4 is 5.91 Å². The number of hydrogen-bond acceptors (Lipinski definition) is 7. The van der Waals surface area contributed by atoms with Crippen LogP contribution in [0, 0.1) is 19.8 Å². The molecule has 0 radical (unpaired) electrons. The molecule has 8 heteroatoms. The number of aliphatic hydroxyl groups excluding tert-OH is 1. The van der Waals surface area contributed by atoms with Gasteiger partial charge in [-0.3, -0.25) is 9.78 Å². The molecule has 8 nitrogen and oxygen atoms in total. The van der Waals surface area contributed by atoms with E-state index >= 15 is 0 Å². The van der Waals surface area contributed by atoms with Crippen LogP contribution in [0.15, 0.2) is 41.3 Å². The molecule has 0 unspecified atom stereocenters. The summed E-state index contributed by atoms with van der Waals surface area (Å²) in [7, 11) is 0. The third-order valence-corrected chi connectivity index (χ3v) is 4.96. The van der Waals surface area contributed by atoms with Crippen LogP contribution in [0.5, 0.6) is 0 Å². The predicted molar refractivity (Wildman–Crippen MR) is 100 cm³/mol. The van der Waals surface area contributed by atoms with Gasteiger partial charge in [-0.05, 0) is 26.0 Å². The quantitative estimate of drug-likeness (QED) is 0.737. The SMILES string of the molecule is Cc1cc(C[C@@H]2CN(C(=O)c3cnc(-c4cccnc4)nc3C)C[C@H]2O)on1. The summed E-state index contributed by atoms with van der Waals surface area (Å²) in [4.78, 5) is 27.5. The van der Waals surface area contributed by atoms with Crippen molar-refractivity contribution in [2.75, 3.05) is 13.1 Å². The molecule has 144 valence electrons. The largest absolute Gasteiger partial charge is 0.391 e. The summed E-state index contributed by atoms with van der Waals surface area (Å²) in [6.07, 6.45) is 4.85. The van der Waals surface area contributed by atoms with Crippen molar-refractivity contribution in [2.24, 2.45) is 5.92 Å². The maximum absolute atomic E-state index is 12.9. The summed E-state index contributed by atoms with van der Waals surface area (Å²) in [5, 5.41) is 14.3. The molecule has 0 aromatic carbocycles. The fourth-order valence-electron chi connectivity index (χ4n) is 3.47. The average molecular weight is 379 g/mol. The zero-order valence-corrected chi connectivity index (χ0v) is 15.7. The van der Waals surface area contributed by atoms with Crippen LogP contribution in [-0.2, 0) is 6.42 Å². The van der Waals surface area contributed by atoms with E-state index in [0.717, 1.165) is 17.0 Å². The summed E-state index contributed by atoms with van der Waals surface area (Å²) < 4.78 is 5.24. The van der Waals surface area contributed by atoms with E-state index in [9.17, 15) is 9.90 Å². The highest BCUT2D eigenvalue weighted by atomic mass is 16.5. The Labute approximate surface area is 162 Å². The predicted octanol–water partition coefficient (Wildman–Crippen LogP) is 1.82. The number of rotatable bonds is 4. The van der Waals surface area contributed by atoms with Gasteiger partial charge in [0, 0.05) is 55.6 Å². The minimum Gasteiger partial charge on any atom is -0.391 e. The van der Waals surface area contributed by atoms with Crippen molar-refractivity contribution in [1.82, 2.24) is 25.0 Å². The van der Waals surface area contributed by atoms with Crippen molar-refractivity contribution in [3.8, 4) is 11.4 Å². The first-order valence-electron chi connectivity index (χ1n) is 9.15. The maximum atomic E-state index is 12.9. The molecule has 4 rings (SSSR count). The first-order chi connectivity index (χ1) is 13.5. The number of aliphatic hydroxyl groups is 1. The van der Waals surface area contributed by atoms with E-state index in [4.69, 9.17) is 4.52 Å². The van der Waals surface area contributed by atoms with E-state index < -0.39 is 6.10 Å². The van der Waals surface area contributed by atoms with Gasteiger partial charge >= 0.3 is 0 Å². The van der Waals surface area contributed by atoms with Crippen LogP contribution in [0.3, 0.4) is 0 Å². The molecule has 28 heavy (non-hydrogen) atoms. The van der Waals surface area contributed by atoms with Crippen LogP contribution >= 0.6 is 0 Å². The Morgan fingerprint density at radius 3 is 2.86 bits per heavy atom. The molecule has 0 spiro atoms. The first-order valence-corrected chi connectivity index (χ1v) is 9.15. The van der Waals surface area contributed by atoms with Crippen LogP contribution < -0.4 is 0 Å². The molecule has 4 heterocycles. The Morgan fingerprint density at radius 2 is 2.18 bits per heavy atom. The lowest BCUT2D eigenvalue weighted by atomic mass is 10.0. The second kappa shape index (κ2) is 7.47. The van der Waals surface area contributed by atoms with Gasteiger partial charge in [-0.15, -0.1) is 0 Å². The van der Waals surface area contributed by atoms with Crippen LogP contribution in [0.2, 0.25) is 0 Å². The van der Waals surface area contributed by atoms with Crippen molar-refractivity contribution < 1.29 is 14.4 Å². The fourth-order valence-corrected chi connectivity index (χ4v) is 3.47. The van der Waals surface area contributed by atoms with Gasteiger partial charge in [0.15, 0.2) is 5.82 Å². The molecule has 1 N–H and O–H groups in total. The molecule has 1 fully saturated rings.